The second-order valence-corrected chi connectivity index (χ2v) is 6.38. The molecule has 0 aliphatic rings. The van der Waals surface area contributed by atoms with E-state index in [1.807, 2.05) is 0 Å². The number of amides is 1. The first-order valence-corrected chi connectivity index (χ1v) is 8.40. The Bertz CT molecular complexity index is 715. The number of ether oxygens (including phenoxy) is 2. The molecule has 10 heteroatoms. The molecule has 126 valence electrons. The van der Waals surface area contributed by atoms with Gasteiger partial charge in [-0.25, -0.2) is 9.59 Å². The highest BCUT2D eigenvalue weighted by Gasteiger charge is 2.15. The van der Waals surface area contributed by atoms with Crippen LogP contribution in [0.5, 0.6) is 0 Å². The molecule has 0 radical (unpaired) electrons. The second-order valence-electron chi connectivity index (χ2n) is 4.32. The van der Waals surface area contributed by atoms with E-state index >= 15 is 0 Å². The van der Waals surface area contributed by atoms with Gasteiger partial charge in [0.25, 0.3) is 0 Å². The second kappa shape index (κ2) is 8.41. The number of thioether (sulfide) groups is 1. The van der Waals surface area contributed by atoms with Gasteiger partial charge in [0.1, 0.15) is 5.51 Å². The first-order valence-electron chi connectivity index (χ1n) is 6.54. The fourth-order valence-electron chi connectivity index (χ4n) is 1.72. The van der Waals surface area contributed by atoms with E-state index in [0.717, 1.165) is 0 Å². The van der Waals surface area contributed by atoms with Crippen LogP contribution in [0.4, 0.5) is 5.69 Å². The fraction of sp³-hybridized carbons (Fsp3) is 0.214. The van der Waals surface area contributed by atoms with Crippen LogP contribution in [0, 0.1) is 0 Å². The molecule has 1 N–H and O–H groups in total. The fourth-order valence-corrected chi connectivity index (χ4v) is 3.01. The normalized spacial score (nSPS) is 10.1. The zero-order valence-electron chi connectivity index (χ0n) is 12.8. The predicted molar refractivity (Wildman–Crippen MR) is 88.4 cm³/mol. The minimum absolute atomic E-state index is 0.116. The van der Waals surface area contributed by atoms with Crippen molar-refractivity contribution in [2.24, 2.45) is 0 Å². The quantitative estimate of drug-likeness (QED) is 0.609. The molecule has 0 bridgehead atoms. The molecule has 24 heavy (non-hydrogen) atoms. The van der Waals surface area contributed by atoms with E-state index in [1.165, 1.54) is 55.5 Å². The molecule has 0 fully saturated rings. The molecule has 0 aliphatic heterocycles. The first-order chi connectivity index (χ1) is 11.5. The van der Waals surface area contributed by atoms with E-state index in [0.29, 0.717) is 10.0 Å². The lowest BCUT2D eigenvalue weighted by Crippen LogP contribution is -2.16. The Morgan fingerprint density at radius 1 is 1.12 bits per heavy atom. The maximum Gasteiger partial charge on any atom is 0.337 e. The molecule has 0 saturated heterocycles. The van der Waals surface area contributed by atoms with E-state index in [1.54, 1.807) is 5.51 Å². The lowest BCUT2D eigenvalue weighted by Gasteiger charge is -2.09. The van der Waals surface area contributed by atoms with Crippen molar-refractivity contribution in [2.75, 3.05) is 25.3 Å². The van der Waals surface area contributed by atoms with Crippen LogP contribution < -0.4 is 5.32 Å². The predicted octanol–water partition coefficient (Wildman–Crippen LogP) is 1.84. The number of hydrogen-bond donors (Lipinski definition) is 1. The molecular formula is C14H13N3O5S2. The average Bonchev–Trinajstić information content (AvgIpc) is 3.11. The van der Waals surface area contributed by atoms with Crippen molar-refractivity contribution < 1.29 is 23.9 Å². The van der Waals surface area contributed by atoms with Gasteiger partial charge >= 0.3 is 11.9 Å². The van der Waals surface area contributed by atoms with Crippen LogP contribution in [0.3, 0.4) is 0 Å². The van der Waals surface area contributed by atoms with E-state index in [-0.39, 0.29) is 22.8 Å². The monoisotopic (exact) mass is 367 g/mol. The van der Waals surface area contributed by atoms with E-state index in [2.05, 4.69) is 25.0 Å². The standard InChI is InChI=1S/C14H13N3O5S2/c1-21-12(19)8-3-9(13(20)22-2)5-10(4-8)16-11(18)6-23-14-17-15-7-24-14/h3-5,7H,6H2,1-2H3,(H,16,18). The number of carbonyl (C=O) groups excluding carboxylic acids is 3. The zero-order chi connectivity index (χ0) is 17.5. The van der Waals surface area contributed by atoms with Crippen LogP contribution in [0.15, 0.2) is 28.0 Å². The number of anilines is 1. The Balaban J connectivity index is 2.13. The summed E-state index contributed by atoms with van der Waals surface area (Å²) in [5.41, 5.74) is 2.13. The molecule has 0 saturated carbocycles. The van der Waals surface area contributed by atoms with Crippen LogP contribution >= 0.6 is 23.1 Å². The van der Waals surface area contributed by atoms with Gasteiger partial charge in [-0.1, -0.05) is 23.1 Å². The molecule has 1 aromatic heterocycles. The van der Waals surface area contributed by atoms with Gasteiger partial charge in [-0.2, -0.15) is 0 Å². The Hall–Kier alpha value is -2.46. The molecule has 0 atom stereocenters. The molecule has 2 rings (SSSR count). The van der Waals surface area contributed by atoms with Gasteiger partial charge < -0.3 is 14.8 Å². The van der Waals surface area contributed by atoms with Gasteiger partial charge in [0.05, 0.1) is 31.1 Å². The van der Waals surface area contributed by atoms with Gasteiger partial charge in [-0.3, -0.25) is 4.79 Å². The largest absolute Gasteiger partial charge is 0.465 e. The lowest BCUT2D eigenvalue weighted by molar-refractivity contribution is -0.113. The third-order valence-electron chi connectivity index (χ3n) is 2.73. The van der Waals surface area contributed by atoms with Crippen LogP contribution in [-0.4, -0.2) is 48.0 Å². The smallest absolute Gasteiger partial charge is 0.337 e. The van der Waals surface area contributed by atoms with Gasteiger partial charge in [0.15, 0.2) is 4.34 Å². The molecule has 0 unspecified atom stereocenters. The minimum atomic E-state index is -0.625. The lowest BCUT2D eigenvalue weighted by atomic mass is 10.1. The summed E-state index contributed by atoms with van der Waals surface area (Å²) in [5, 5.41) is 10.1. The van der Waals surface area contributed by atoms with E-state index < -0.39 is 11.9 Å². The summed E-state index contributed by atoms with van der Waals surface area (Å²) >= 11 is 2.56. The number of nitrogens with zero attached hydrogens (tertiary/aromatic N) is 2. The van der Waals surface area contributed by atoms with Crippen molar-refractivity contribution in [1.29, 1.82) is 0 Å². The highest BCUT2D eigenvalue weighted by atomic mass is 32.2. The van der Waals surface area contributed by atoms with Crippen molar-refractivity contribution in [2.45, 2.75) is 4.34 Å². The summed E-state index contributed by atoms with van der Waals surface area (Å²) in [4.78, 5) is 35.4. The molecule has 8 nitrogen and oxygen atoms in total. The number of benzene rings is 1. The number of methoxy groups -OCH3 is 2. The number of esters is 2. The molecule has 1 aromatic carbocycles. The minimum Gasteiger partial charge on any atom is -0.465 e. The molecule has 1 amide bonds. The molecule has 1 heterocycles. The maximum atomic E-state index is 12.0. The first kappa shape index (κ1) is 17.9. The Labute approximate surface area is 145 Å². The van der Waals surface area contributed by atoms with Crippen LogP contribution in [0.1, 0.15) is 20.7 Å². The average molecular weight is 367 g/mol. The summed E-state index contributed by atoms with van der Waals surface area (Å²) < 4.78 is 9.95. The summed E-state index contributed by atoms with van der Waals surface area (Å²) in [5.74, 6) is -1.45. The molecular weight excluding hydrogens is 354 g/mol. The van der Waals surface area contributed by atoms with Gasteiger partial charge in [-0.15, -0.1) is 10.2 Å². The Morgan fingerprint density at radius 3 is 2.25 bits per heavy atom. The van der Waals surface area contributed by atoms with Gasteiger partial charge in [0.2, 0.25) is 5.91 Å². The Morgan fingerprint density at radius 2 is 1.75 bits per heavy atom. The molecule has 0 spiro atoms. The number of nitrogens with one attached hydrogen (secondary N) is 1. The SMILES string of the molecule is COC(=O)c1cc(NC(=O)CSc2nncs2)cc(C(=O)OC)c1. The third kappa shape index (κ3) is 4.77. The highest BCUT2D eigenvalue weighted by molar-refractivity contribution is 8.01. The number of hydrogen-bond acceptors (Lipinski definition) is 9. The van der Waals surface area contributed by atoms with Crippen molar-refractivity contribution in [1.82, 2.24) is 10.2 Å². The molecule has 2 aromatic rings. The summed E-state index contributed by atoms with van der Waals surface area (Å²) in [7, 11) is 2.45. The van der Waals surface area contributed by atoms with Crippen molar-refractivity contribution in [3.05, 3.63) is 34.8 Å². The van der Waals surface area contributed by atoms with Crippen molar-refractivity contribution in [3.8, 4) is 0 Å². The van der Waals surface area contributed by atoms with Crippen LogP contribution in [0.25, 0.3) is 0 Å². The Kier molecular flexibility index (Phi) is 6.27. The summed E-state index contributed by atoms with van der Waals surface area (Å²) in [6.45, 7) is 0. The van der Waals surface area contributed by atoms with E-state index in [4.69, 9.17) is 0 Å². The molecule has 0 aliphatic carbocycles. The van der Waals surface area contributed by atoms with Crippen LogP contribution in [-0.2, 0) is 14.3 Å². The van der Waals surface area contributed by atoms with E-state index in [9.17, 15) is 14.4 Å². The number of carbonyl (C=O) groups is 3. The van der Waals surface area contributed by atoms with Gasteiger partial charge in [-0.05, 0) is 18.2 Å². The summed E-state index contributed by atoms with van der Waals surface area (Å²) in [6, 6.07) is 4.18. The zero-order valence-corrected chi connectivity index (χ0v) is 14.4. The number of aromatic nitrogens is 2. The maximum absolute atomic E-state index is 12.0. The number of rotatable bonds is 6. The third-order valence-corrected chi connectivity index (χ3v) is 4.59. The highest BCUT2D eigenvalue weighted by Crippen LogP contribution is 2.20. The van der Waals surface area contributed by atoms with Crippen molar-refractivity contribution in [3.63, 3.8) is 0 Å². The van der Waals surface area contributed by atoms with Crippen LogP contribution in [0.2, 0.25) is 0 Å². The topological polar surface area (TPSA) is 107 Å². The summed E-state index contributed by atoms with van der Waals surface area (Å²) in [6.07, 6.45) is 0. The van der Waals surface area contributed by atoms with Gasteiger partial charge in [0, 0.05) is 5.69 Å². The van der Waals surface area contributed by atoms with Crippen molar-refractivity contribution >= 4 is 46.6 Å².